The summed E-state index contributed by atoms with van der Waals surface area (Å²) >= 11 is 0. The number of piperidine rings is 1. The highest BCUT2D eigenvalue weighted by Gasteiger charge is 2.41. The van der Waals surface area contributed by atoms with Gasteiger partial charge in [-0.2, -0.15) is 0 Å². The van der Waals surface area contributed by atoms with Crippen molar-refractivity contribution in [2.75, 3.05) is 20.2 Å². The minimum atomic E-state index is 0.226. The first-order valence-electron chi connectivity index (χ1n) is 10.2. The predicted octanol–water partition coefficient (Wildman–Crippen LogP) is 4.66. The average Bonchev–Trinajstić information content (AvgIpc) is 3.06. The largest absolute Gasteiger partial charge is 0.496 e. The summed E-state index contributed by atoms with van der Waals surface area (Å²) in [5, 5.41) is 1.24. The van der Waals surface area contributed by atoms with E-state index in [0.717, 1.165) is 49.2 Å². The van der Waals surface area contributed by atoms with Gasteiger partial charge in [0.05, 0.1) is 13.2 Å². The second-order valence-electron chi connectivity index (χ2n) is 7.97. The van der Waals surface area contributed by atoms with E-state index in [9.17, 15) is 4.79 Å². The van der Waals surface area contributed by atoms with Gasteiger partial charge in [-0.05, 0) is 61.8 Å². The van der Waals surface area contributed by atoms with Crippen molar-refractivity contribution < 1.29 is 9.53 Å². The van der Waals surface area contributed by atoms with Crippen LogP contribution in [0.1, 0.15) is 50.9 Å². The minimum Gasteiger partial charge on any atom is -0.496 e. The Hall–Kier alpha value is -2.07. The molecule has 0 spiro atoms. The fraction of sp³-hybridized carbons (Fsp3) is 0.522. The van der Waals surface area contributed by atoms with E-state index < -0.39 is 0 Å². The molecular weight excluding hydrogens is 336 g/mol. The van der Waals surface area contributed by atoms with Crippen molar-refractivity contribution in [1.29, 1.82) is 0 Å². The molecule has 4 rings (SSSR count). The second kappa shape index (κ2) is 7.16. The third-order valence-electron chi connectivity index (χ3n) is 6.72. The Morgan fingerprint density at radius 1 is 1.41 bits per heavy atom. The molecule has 0 saturated carbocycles. The van der Waals surface area contributed by atoms with Crippen LogP contribution >= 0.6 is 0 Å². The number of nitrogens with zero attached hydrogens (tertiary/aromatic N) is 1. The number of carbonyl (C=O) groups is 1. The molecule has 1 aromatic heterocycles. The smallest absolute Gasteiger partial charge is 0.155 e. The van der Waals surface area contributed by atoms with Gasteiger partial charge in [-0.25, -0.2) is 0 Å². The zero-order chi connectivity index (χ0) is 19.1. The number of rotatable bonds is 4. The van der Waals surface area contributed by atoms with Crippen molar-refractivity contribution in [1.82, 2.24) is 9.88 Å². The average molecular weight is 367 g/mol. The minimum absolute atomic E-state index is 0.226. The van der Waals surface area contributed by atoms with Crippen LogP contribution in [0.25, 0.3) is 10.9 Å². The van der Waals surface area contributed by atoms with Crippen molar-refractivity contribution in [3.8, 4) is 5.75 Å². The van der Waals surface area contributed by atoms with E-state index in [2.05, 4.69) is 22.9 Å². The van der Waals surface area contributed by atoms with Crippen LogP contribution in [-0.4, -0.2) is 35.9 Å². The first-order valence-corrected chi connectivity index (χ1v) is 10.2. The summed E-state index contributed by atoms with van der Waals surface area (Å²) < 4.78 is 5.64. The molecule has 1 aromatic carbocycles. The zero-order valence-corrected chi connectivity index (χ0v) is 16.8. The van der Waals surface area contributed by atoms with Crippen LogP contribution in [0.5, 0.6) is 5.75 Å². The summed E-state index contributed by atoms with van der Waals surface area (Å²) in [6.45, 7) is 8.14. The standard InChI is InChI=1S/C23H30N2O2/c1-5-15-13-25-11-10-17-22-19(8-7-9-21(22)27-4)24-23(17)20(25)12-18(15)16(6-2)14(3)26/h6-9,15,18,20,24H,5,10-13H2,1-4H3/b16-6-/t15-,18+,20-/m1/s1. The Labute approximate surface area is 161 Å². The van der Waals surface area contributed by atoms with Gasteiger partial charge < -0.3 is 9.72 Å². The van der Waals surface area contributed by atoms with E-state index in [0.29, 0.717) is 17.9 Å². The number of nitrogens with one attached hydrogen (secondary N) is 1. The fourth-order valence-corrected chi connectivity index (χ4v) is 5.43. The number of H-pyrrole nitrogens is 1. The van der Waals surface area contributed by atoms with Gasteiger partial charge in [0.1, 0.15) is 5.75 Å². The molecule has 4 heteroatoms. The van der Waals surface area contributed by atoms with Crippen LogP contribution in [-0.2, 0) is 11.2 Å². The van der Waals surface area contributed by atoms with Gasteiger partial charge >= 0.3 is 0 Å². The first kappa shape index (κ1) is 18.3. The normalized spacial score (nSPS) is 25.9. The Bertz CT molecular complexity index is 895. The molecule has 27 heavy (non-hydrogen) atoms. The Morgan fingerprint density at radius 2 is 2.22 bits per heavy atom. The number of aromatic amines is 1. The fourth-order valence-electron chi connectivity index (χ4n) is 5.43. The summed E-state index contributed by atoms with van der Waals surface area (Å²) in [4.78, 5) is 18.6. The van der Waals surface area contributed by atoms with Gasteiger partial charge in [0.15, 0.2) is 5.78 Å². The predicted molar refractivity (Wildman–Crippen MR) is 109 cm³/mol. The molecule has 0 bridgehead atoms. The number of hydrogen-bond donors (Lipinski definition) is 1. The second-order valence-corrected chi connectivity index (χ2v) is 7.97. The SMILES string of the molecule is C/C=C(/C(C)=O)[C@H]1C[C@@H]2c3[nH]c4cccc(OC)c4c3CCN2C[C@H]1CC. The van der Waals surface area contributed by atoms with Crippen LogP contribution in [0, 0.1) is 11.8 Å². The van der Waals surface area contributed by atoms with E-state index in [1.807, 2.05) is 25.1 Å². The zero-order valence-electron chi connectivity index (χ0n) is 16.8. The Morgan fingerprint density at radius 3 is 2.89 bits per heavy atom. The summed E-state index contributed by atoms with van der Waals surface area (Å²) in [5.41, 5.74) is 4.91. The number of hydrogen-bond acceptors (Lipinski definition) is 3. The van der Waals surface area contributed by atoms with E-state index in [1.165, 1.54) is 16.6 Å². The molecule has 2 aliphatic rings. The molecule has 0 aliphatic carbocycles. The number of ketones is 1. The van der Waals surface area contributed by atoms with Gasteiger partial charge in [-0.15, -0.1) is 0 Å². The summed E-state index contributed by atoms with van der Waals surface area (Å²) in [5.74, 6) is 2.08. The van der Waals surface area contributed by atoms with E-state index in [1.54, 1.807) is 14.0 Å². The molecule has 0 amide bonds. The number of Topliss-reactive ketones (excluding diaryl/α,β-unsaturated/α-hetero) is 1. The monoisotopic (exact) mass is 366 g/mol. The molecule has 2 aliphatic heterocycles. The number of carbonyl (C=O) groups excluding carboxylic acids is 1. The lowest BCUT2D eigenvalue weighted by Crippen LogP contribution is -2.46. The number of allylic oxidation sites excluding steroid dienone is 2. The molecule has 4 nitrogen and oxygen atoms in total. The third kappa shape index (κ3) is 2.91. The molecule has 1 saturated heterocycles. The third-order valence-corrected chi connectivity index (χ3v) is 6.72. The number of aromatic nitrogens is 1. The molecule has 0 unspecified atom stereocenters. The maximum absolute atomic E-state index is 12.3. The van der Waals surface area contributed by atoms with Gasteiger partial charge in [0.25, 0.3) is 0 Å². The molecule has 144 valence electrons. The number of fused-ring (bicyclic) bond motifs is 5. The highest BCUT2D eigenvalue weighted by Crippen LogP contribution is 2.46. The van der Waals surface area contributed by atoms with Crippen LogP contribution in [0.3, 0.4) is 0 Å². The quantitative estimate of drug-likeness (QED) is 0.801. The maximum Gasteiger partial charge on any atom is 0.155 e. The topological polar surface area (TPSA) is 45.3 Å². The Kier molecular flexibility index (Phi) is 4.85. The highest BCUT2D eigenvalue weighted by atomic mass is 16.5. The van der Waals surface area contributed by atoms with Crippen LogP contribution in [0.2, 0.25) is 0 Å². The molecule has 1 fully saturated rings. The van der Waals surface area contributed by atoms with E-state index >= 15 is 0 Å². The number of benzene rings is 1. The lowest BCUT2D eigenvalue weighted by atomic mass is 9.73. The summed E-state index contributed by atoms with van der Waals surface area (Å²) in [7, 11) is 1.75. The van der Waals surface area contributed by atoms with Crippen molar-refractivity contribution in [3.05, 3.63) is 41.1 Å². The van der Waals surface area contributed by atoms with Crippen LogP contribution < -0.4 is 4.74 Å². The van der Waals surface area contributed by atoms with E-state index in [4.69, 9.17) is 4.74 Å². The summed E-state index contributed by atoms with van der Waals surface area (Å²) in [6, 6.07) is 6.59. The number of methoxy groups -OCH3 is 1. The van der Waals surface area contributed by atoms with Crippen molar-refractivity contribution in [2.45, 2.75) is 46.1 Å². The molecular formula is C23H30N2O2. The summed E-state index contributed by atoms with van der Waals surface area (Å²) in [6.07, 6.45) is 5.23. The molecule has 3 atom stereocenters. The van der Waals surface area contributed by atoms with Crippen molar-refractivity contribution in [2.24, 2.45) is 11.8 Å². The molecule has 0 radical (unpaired) electrons. The van der Waals surface area contributed by atoms with Gasteiger partial charge in [0.2, 0.25) is 0 Å². The van der Waals surface area contributed by atoms with E-state index in [-0.39, 0.29) is 5.78 Å². The van der Waals surface area contributed by atoms with Gasteiger partial charge in [0, 0.05) is 29.7 Å². The lowest BCUT2D eigenvalue weighted by molar-refractivity contribution is -0.114. The van der Waals surface area contributed by atoms with Gasteiger partial charge in [-0.3, -0.25) is 9.69 Å². The Balaban J connectivity index is 1.77. The first-order chi connectivity index (χ1) is 13.1. The lowest BCUT2D eigenvalue weighted by Gasteiger charge is -2.46. The van der Waals surface area contributed by atoms with Crippen LogP contribution in [0.15, 0.2) is 29.8 Å². The molecule has 1 N–H and O–H groups in total. The number of ether oxygens (including phenoxy) is 1. The van der Waals surface area contributed by atoms with Crippen LogP contribution in [0.4, 0.5) is 0 Å². The molecule has 3 heterocycles. The highest BCUT2D eigenvalue weighted by molar-refractivity contribution is 5.94. The molecule has 2 aromatic rings. The maximum atomic E-state index is 12.3. The van der Waals surface area contributed by atoms with Gasteiger partial charge in [-0.1, -0.05) is 25.5 Å². The van der Waals surface area contributed by atoms with Crippen molar-refractivity contribution >= 4 is 16.7 Å². The van der Waals surface area contributed by atoms with Crippen molar-refractivity contribution in [3.63, 3.8) is 0 Å².